The molecule has 1 atom stereocenters. The van der Waals surface area contributed by atoms with Gasteiger partial charge in [-0.15, -0.1) is 0 Å². The summed E-state index contributed by atoms with van der Waals surface area (Å²) in [6, 6.07) is 11.9. The van der Waals surface area contributed by atoms with Crippen molar-refractivity contribution in [2.24, 2.45) is 5.92 Å². The molecule has 170 valence electrons. The van der Waals surface area contributed by atoms with Gasteiger partial charge >= 0.3 is 0 Å². The highest BCUT2D eigenvalue weighted by Gasteiger charge is 2.32. The van der Waals surface area contributed by atoms with E-state index in [-0.39, 0.29) is 36.2 Å². The Labute approximate surface area is 189 Å². The molecule has 0 N–H and O–H groups in total. The van der Waals surface area contributed by atoms with Gasteiger partial charge in [0.15, 0.2) is 6.61 Å². The highest BCUT2D eigenvalue weighted by Crippen LogP contribution is 2.38. The van der Waals surface area contributed by atoms with Crippen LogP contribution in [0.4, 0.5) is 4.39 Å². The third-order valence-corrected chi connectivity index (χ3v) is 6.26. The zero-order chi connectivity index (χ0) is 22.7. The molecule has 4 rings (SSSR count). The summed E-state index contributed by atoms with van der Waals surface area (Å²) in [5, 5.41) is 0. The van der Waals surface area contributed by atoms with Crippen LogP contribution in [0.15, 0.2) is 42.5 Å². The number of halogens is 1. The topological polar surface area (TPSA) is 49.9 Å². The van der Waals surface area contributed by atoms with Gasteiger partial charge < -0.3 is 14.5 Å². The fraction of sp³-hybridized carbons (Fsp3) is 0.462. The molecule has 2 amide bonds. The van der Waals surface area contributed by atoms with Crippen LogP contribution in [-0.2, 0) is 16.0 Å². The maximum absolute atomic E-state index is 13.6. The molecule has 32 heavy (non-hydrogen) atoms. The zero-order valence-corrected chi connectivity index (χ0v) is 18.9. The Morgan fingerprint density at radius 3 is 2.44 bits per heavy atom. The molecule has 0 spiro atoms. The Morgan fingerprint density at radius 2 is 1.75 bits per heavy atom. The Hall–Kier alpha value is -2.89. The molecule has 2 aromatic rings. The van der Waals surface area contributed by atoms with Crippen molar-refractivity contribution in [2.75, 3.05) is 26.2 Å². The highest BCUT2D eigenvalue weighted by atomic mass is 19.1. The second-order valence-electron chi connectivity index (χ2n) is 9.13. The van der Waals surface area contributed by atoms with Crippen LogP contribution in [0.2, 0.25) is 0 Å². The molecule has 0 saturated carbocycles. The van der Waals surface area contributed by atoms with Crippen molar-refractivity contribution in [3.63, 3.8) is 0 Å². The molecular weight excluding hydrogens is 407 g/mol. The van der Waals surface area contributed by atoms with Crippen molar-refractivity contribution in [1.82, 2.24) is 9.80 Å². The minimum atomic E-state index is -0.303. The lowest BCUT2D eigenvalue weighted by molar-refractivity contribution is -0.134. The summed E-state index contributed by atoms with van der Waals surface area (Å²) in [5.74, 6) is 0.660. The first-order chi connectivity index (χ1) is 15.4. The summed E-state index contributed by atoms with van der Waals surface area (Å²) < 4.78 is 19.5. The molecule has 0 aliphatic carbocycles. The van der Waals surface area contributed by atoms with Crippen LogP contribution < -0.4 is 4.74 Å². The van der Waals surface area contributed by atoms with Gasteiger partial charge in [0.05, 0.1) is 6.04 Å². The smallest absolute Gasteiger partial charge is 0.260 e. The van der Waals surface area contributed by atoms with Crippen molar-refractivity contribution in [2.45, 2.75) is 45.6 Å². The maximum Gasteiger partial charge on any atom is 0.260 e. The first-order valence-corrected chi connectivity index (χ1v) is 11.5. The van der Waals surface area contributed by atoms with Gasteiger partial charge in [0, 0.05) is 26.1 Å². The molecular formula is C26H31FN2O3. The number of likely N-dealkylation sites (tertiary alicyclic amines) is 1. The molecule has 1 saturated heterocycles. The molecule has 1 fully saturated rings. The van der Waals surface area contributed by atoms with E-state index in [4.69, 9.17) is 4.74 Å². The number of hydrogen-bond donors (Lipinski definition) is 0. The van der Waals surface area contributed by atoms with E-state index in [1.807, 2.05) is 41.8 Å². The van der Waals surface area contributed by atoms with E-state index < -0.39 is 0 Å². The first-order valence-electron chi connectivity index (χ1n) is 11.5. The number of hydrogen-bond acceptors (Lipinski definition) is 3. The molecule has 5 nitrogen and oxygen atoms in total. The number of amides is 2. The molecule has 0 bridgehead atoms. The molecule has 6 heteroatoms. The summed E-state index contributed by atoms with van der Waals surface area (Å²) in [4.78, 5) is 29.2. The lowest BCUT2D eigenvalue weighted by Crippen LogP contribution is -2.41. The Morgan fingerprint density at radius 1 is 1.03 bits per heavy atom. The molecule has 2 aromatic carbocycles. The maximum atomic E-state index is 13.6. The van der Waals surface area contributed by atoms with Crippen LogP contribution in [0.3, 0.4) is 0 Å². The summed E-state index contributed by atoms with van der Waals surface area (Å²) in [6.45, 7) is 6.29. The monoisotopic (exact) mass is 438 g/mol. The van der Waals surface area contributed by atoms with Gasteiger partial charge in [-0.3, -0.25) is 9.59 Å². The molecule has 0 aromatic heterocycles. The number of fused-ring (bicyclic) bond motifs is 1. The number of carbonyl (C=O) groups excluding carboxylic acids is 2. The summed E-state index contributed by atoms with van der Waals surface area (Å²) in [7, 11) is 0. The average molecular weight is 439 g/mol. The molecule has 1 unspecified atom stereocenters. The third-order valence-electron chi connectivity index (χ3n) is 6.26. The predicted octanol–water partition coefficient (Wildman–Crippen LogP) is 4.35. The zero-order valence-electron chi connectivity index (χ0n) is 18.9. The Balaban J connectivity index is 1.61. The summed E-state index contributed by atoms with van der Waals surface area (Å²) in [5.41, 5.74) is 2.99. The fourth-order valence-electron chi connectivity index (χ4n) is 4.63. The van der Waals surface area contributed by atoms with E-state index in [9.17, 15) is 14.0 Å². The van der Waals surface area contributed by atoms with Gasteiger partial charge in [-0.05, 0) is 66.1 Å². The number of ether oxygens (including phenoxy) is 1. The lowest BCUT2D eigenvalue weighted by Gasteiger charge is -2.38. The highest BCUT2D eigenvalue weighted by molar-refractivity contribution is 5.78. The summed E-state index contributed by atoms with van der Waals surface area (Å²) in [6.07, 6.45) is 3.31. The van der Waals surface area contributed by atoms with Crippen LogP contribution in [0.1, 0.15) is 55.8 Å². The number of nitrogens with zero attached hydrogens (tertiary/aromatic N) is 2. The lowest BCUT2D eigenvalue weighted by atomic mass is 9.87. The second kappa shape index (κ2) is 9.72. The van der Waals surface area contributed by atoms with Crippen LogP contribution in [0.25, 0.3) is 0 Å². The van der Waals surface area contributed by atoms with E-state index in [0.717, 1.165) is 49.0 Å². The molecule has 2 aliphatic heterocycles. The second-order valence-corrected chi connectivity index (χ2v) is 9.13. The Kier molecular flexibility index (Phi) is 6.77. The van der Waals surface area contributed by atoms with Gasteiger partial charge in [0.1, 0.15) is 11.6 Å². The number of rotatable bonds is 6. The quantitative estimate of drug-likeness (QED) is 0.674. The fourth-order valence-corrected chi connectivity index (χ4v) is 4.63. The summed E-state index contributed by atoms with van der Waals surface area (Å²) >= 11 is 0. The minimum absolute atomic E-state index is 0.00374. The SMILES string of the molecule is CC(C)CC(=O)N1CCc2ccc(OCC(=O)N3CCCC3)cc2C1c1ccc(F)cc1. The van der Waals surface area contributed by atoms with E-state index in [1.54, 1.807) is 12.1 Å². The normalized spacial score (nSPS) is 18.1. The van der Waals surface area contributed by atoms with E-state index in [0.29, 0.717) is 18.7 Å². The Bertz CT molecular complexity index is 968. The van der Waals surface area contributed by atoms with Crippen molar-refractivity contribution < 1.29 is 18.7 Å². The van der Waals surface area contributed by atoms with Crippen LogP contribution in [-0.4, -0.2) is 47.9 Å². The van der Waals surface area contributed by atoms with Crippen LogP contribution in [0.5, 0.6) is 5.75 Å². The number of carbonyl (C=O) groups is 2. The van der Waals surface area contributed by atoms with Crippen molar-refractivity contribution in [3.05, 3.63) is 65.0 Å². The van der Waals surface area contributed by atoms with Gasteiger partial charge in [0.2, 0.25) is 5.91 Å². The molecule has 0 radical (unpaired) electrons. The van der Waals surface area contributed by atoms with Crippen LogP contribution in [0, 0.1) is 11.7 Å². The standard InChI is InChI=1S/C26H31FN2O3/c1-18(2)15-24(30)29-14-11-19-7-10-22(32-17-25(31)28-12-3-4-13-28)16-23(19)26(29)20-5-8-21(27)9-6-20/h5-10,16,18,26H,3-4,11-15,17H2,1-2H3. The van der Waals surface area contributed by atoms with Crippen LogP contribution >= 0.6 is 0 Å². The third kappa shape index (κ3) is 4.95. The predicted molar refractivity (Wildman–Crippen MR) is 121 cm³/mol. The largest absolute Gasteiger partial charge is 0.484 e. The molecule has 2 heterocycles. The van der Waals surface area contributed by atoms with Crippen molar-refractivity contribution in [3.8, 4) is 5.75 Å². The van der Waals surface area contributed by atoms with E-state index in [2.05, 4.69) is 0 Å². The van der Waals surface area contributed by atoms with E-state index >= 15 is 0 Å². The minimum Gasteiger partial charge on any atom is -0.484 e. The van der Waals surface area contributed by atoms with Crippen molar-refractivity contribution in [1.29, 1.82) is 0 Å². The van der Waals surface area contributed by atoms with E-state index in [1.165, 1.54) is 12.1 Å². The van der Waals surface area contributed by atoms with Gasteiger partial charge in [0.25, 0.3) is 5.91 Å². The first kappa shape index (κ1) is 22.3. The van der Waals surface area contributed by atoms with Gasteiger partial charge in [-0.2, -0.15) is 0 Å². The van der Waals surface area contributed by atoms with Gasteiger partial charge in [-0.1, -0.05) is 32.0 Å². The van der Waals surface area contributed by atoms with Gasteiger partial charge in [-0.25, -0.2) is 4.39 Å². The number of benzene rings is 2. The van der Waals surface area contributed by atoms with Crippen molar-refractivity contribution >= 4 is 11.8 Å². The average Bonchev–Trinajstić information content (AvgIpc) is 3.32. The molecule has 2 aliphatic rings.